The van der Waals surface area contributed by atoms with Gasteiger partial charge in [-0.2, -0.15) is 0 Å². The molecule has 1 aromatic carbocycles. The second-order valence-corrected chi connectivity index (χ2v) is 4.48. The topological polar surface area (TPSA) is 48.1 Å². The van der Waals surface area contributed by atoms with Crippen LogP contribution in [-0.4, -0.2) is 11.5 Å². The van der Waals surface area contributed by atoms with Crippen molar-refractivity contribution in [3.63, 3.8) is 0 Å². The van der Waals surface area contributed by atoms with E-state index in [9.17, 15) is 0 Å². The third kappa shape index (κ3) is 3.05. The van der Waals surface area contributed by atoms with Gasteiger partial charge in [0.1, 0.15) is 6.61 Å². The van der Waals surface area contributed by atoms with E-state index < -0.39 is 0 Å². The van der Waals surface area contributed by atoms with E-state index >= 15 is 0 Å². The molecule has 0 aliphatic carbocycles. The molecule has 0 bridgehead atoms. The molecule has 0 spiro atoms. The summed E-state index contributed by atoms with van der Waals surface area (Å²) in [5.74, 6) is 0. The Morgan fingerprint density at radius 3 is 2.81 bits per heavy atom. The Kier molecular flexibility index (Phi) is 3.91. The number of hydrogen-bond acceptors (Lipinski definition) is 4. The van der Waals surface area contributed by atoms with Crippen LogP contribution >= 0.6 is 11.3 Å². The Labute approximate surface area is 98.9 Å². The normalized spacial score (nSPS) is 10.3. The average molecular weight is 234 g/mol. The zero-order valence-electron chi connectivity index (χ0n) is 8.93. The molecule has 2 aromatic rings. The average Bonchev–Trinajstić information content (AvgIpc) is 2.76. The minimum atomic E-state index is 0.566. The molecule has 0 aliphatic rings. The van der Waals surface area contributed by atoms with Gasteiger partial charge >= 0.3 is 0 Å². The van der Waals surface area contributed by atoms with Gasteiger partial charge in [-0.15, -0.1) is 0 Å². The Balaban J connectivity index is 1.89. The molecule has 16 heavy (non-hydrogen) atoms. The minimum Gasteiger partial charge on any atom is -0.465 e. The molecule has 2 rings (SSSR count). The molecular formula is C12H14N2OS. The summed E-state index contributed by atoms with van der Waals surface area (Å²) < 4.78 is 5.59. The summed E-state index contributed by atoms with van der Waals surface area (Å²) in [6, 6.07) is 10.1. The lowest BCUT2D eigenvalue weighted by atomic mass is 10.2. The van der Waals surface area contributed by atoms with Crippen LogP contribution in [0.2, 0.25) is 0 Å². The van der Waals surface area contributed by atoms with Crippen LogP contribution in [0.1, 0.15) is 10.4 Å². The standard InChI is InChI=1S/C12H14N2OS/c13-7-6-11-8-14-12(16-11)15-9-10-4-2-1-3-5-10/h1-5,8H,6-7,9,13H2. The number of rotatable bonds is 5. The second kappa shape index (κ2) is 5.63. The van der Waals surface area contributed by atoms with Gasteiger partial charge in [0.2, 0.25) is 0 Å². The summed E-state index contributed by atoms with van der Waals surface area (Å²) in [4.78, 5) is 5.36. The van der Waals surface area contributed by atoms with Gasteiger partial charge in [0.25, 0.3) is 5.19 Å². The largest absolute Gasteiger partial charge is 0.465 e. The van der Waals surface area contributed by atoms with Gasteiger partial charge < -0.3 is 10.5 Å². The Morgan fingerprint density at radius 2 is 2.06 bits per heavy atom. The predicted octanol–water partition coefficient (Wildman–Crippen LogP) is 2.22. The first-order chi connectivity index (χ1) is 7.88. The monoisotopic (exact) mass is 234 g/mol. The van der Waals surface area contributed by atoms with Crippen molar-refractivity contribution in [2.45, 2.75) is 13.0 Å². The van der Waals surface area contributed by atoms with Crippen LogP contribution in [0.4, 0.5) is 0 Å². The number of nitrogens with two attached hydrogens (primary N) is 1. The second-order valence-electron chi connectivity index (χ2n) is 3.41. The molecule has 0 fully saturated rings. The van der Waals surface area contributed by atoms with Crippen molar-refractivity contribution in [1.29, 1.82) is 0 Å². The van der Waals surface area contributed by atoms with Crippen molar-refractivity contribution >= 4 is 11.3 Å². The minimum absolute atomic E-state index is 0.566. The molecule has 1 aromatic heterocycles. The molecule has 2 N–H and O–H groups in total. The highest BCUT2D eigenvalue weighted by atomic mass is 32.1. The summed E-state index contributed by atoms with van der Waals surface area (Å²) in [5, 5.41) is 0.715. The van der Waals surface area contributed by atoms with Gasteiger partial charge in [0, 0.05) is 11.1 Å². The van der Waals surface area contributed by atoms with Crippen LogP contribution in [-0.2, 0) is 13.0 Å². The lowest BCUT2D eigenvalue weighted by Crippen LogP contribution is -2.00. The van der Waals surface area contributed by atoms with E-state index in [2.05, 4.69) is 4.98 Å². The van der Waals surface area contributed by atoms with Crippen molar-refractivity contribution < 1.29 is 4.74 Å². The van der Waals surface area contributed by atoms with Gasteiger partial charge in [0.15, 0.2) is 0 Å². The van der Waals surface area contributed by atoms with Crippen LogP contribution in [0.15, 0.2) is 36.5 Å². The molecule has 0 unspecified atom stereocenters. The van der Waals surface area contributed by atoms with Crippen molar-refractivity contribution in [3.05, 3.63) is 47.0 Å². The Bertz CT molecular complexity index is 428. The van der Waals surface area contributed by atoms with Crippen molar-refractivity contribution in [2.24, 2.45) is 5.73 Å². The third-order valence-corrected chi connectivity index (χ3v) is 3.10. The molecule has 4 heteroatoms. The van der Waals surface area contributed by atoms with E-state index in [1.54, 1.807) is 11.3 Å². The molecule has 3 nitrogen and oxygen atoms in total. The summed E-state index contributed by atoms with van der Waals surface area (Å²) >= 11 is 1.56. The Morgan fingerprint density at radius 1 is 1.25 bits per heavy atom. The molecule has 1 heterocycles. The first-order valence-corrected chi connectivity index (χ1v) is 6.01. The lowest BCUT2D eigenvalue weighted by molar-refractivity contribution is 0.304. The van der Waals surface area contributed by atoms with Crippen LogP contribution in [0.25, 0.3) is 0 Å². The highest BCUT2D eigenvalue weighted by Crippen LogP contribution is 2.21. The van der Waals surface area contributed by atoms with E-state index in [1.807, 2.05) is 36.5 Å². The summed E-state index contributed by atoms with van der Waals surface area (Å²) in [7, 11) is 0. The third-order valence-electron chi connectivity index (χ3n) is 2.13. The number of ether oxygens (including phenoxy) is 1. The van der Waals surface area contributed by atoms with E-state index in [0.717, 1.165) is 12.0 Å². The quantitative estimate of drug-likeness (QED) is 0.863. The van der Waals surface area contributed by atoms with Gasteiger partial charge in [-0.3, -0.25) is 0 Å². The highest BCUT2D eigenvalue weighted by molar-refractivity contribution is 7.13. The predicted molar refractivity (Wildman–Crippen MR) is 65.6 cm³/mol. The molecule has 0 amide bonds. The van der Waals surface area contributed by atoms with Crippen LogP contribution in [0.3, 0.4) is 0 Å². The molecule has 0 aliphatic heterocycles. The molecule has 0 radical (unpaired) electrons. The van der Waals surface area contributed by atoms with E-state index in [1.165, 1.54) is 4.88 Å². The van der Waals surface area contributed by atoms with Crippen molar-refractivity contribution in [2.75, 3.05) is 6.54 Å². The first kappa shape index (κ1) is 11.1. The number of thiazole rings is 1. The number of aromatic nitrogens is 1. The number of nitrogens with zero attached hydrogens (tertiary/aromatic N) is 1. The summed E-state index contributed by atoms with van der Waals surface area (Å²) in [6.45, 7) is 1.22. The van der Waals surface area contributed by atoms with Crippen LogP contribution < -0.4 is 10.5 Å². The van der Waals surface area contributed by atoms with Gasteiger partial charge in [0.05, 0.1) is 0 Å². The smallest absolute Gasteiger partial charge is 0.273 e. The molecule has 0 saturated carbocycles. The summed E-state index contributed by atoms with van der Waals surface area (Å²) in [6.07, 6.45) is 2.70. The maximum Gasteiger partial charge on any atom is 0.273 e. The maximum atomic E-state index is 5.59. The lowest BCUT2D eigenvalue weighted by Gasteiger charge is -2.01. The number of hydrogen-bond donors (Lipinski definition) is 1. The number of benzene rings is 1. The maximum absolute atomic E-state index is 5.59. The SMILES string of the molecule is NCCc1cnc(OCc2ccccc2)s1. The highest BCUT2D eigenvalue weighted by Gasteiger charge is 2.02. The van der Waals surface area contributed by atoms with E-state index in [0.29, 0.717) is 18.3 Å². The van der Waals surface area contributed by atoms with Gasteiger partial charge in [-0.25, -0.2) is 4.98 Å². The fourth-order valence-electron chi connectivity index (χ4n) is 1.33. The fraction of sp³-hybridized carbons (Fsp3) is 0.250. The van der Waals surface area contributed by atoms with Crippen molar-refractivity contribution in [1.82, 2.24) is 4.98 Å². The molecule has 0 saturated heterocycles. The first-order valence-electron chi connectivity index (χ1n) is 5.20. The van der Waals surface area contributed by atoms with Gasteiger partial charge in [-0.05, 0) is 18.5 Å². The van der Waals surface area contributed by atoms with Crippen molar-refractivity contribution in [3.8, 4) is 5.19 Å². The zero-order valence-corrected chi connectivity index (χ0v) is 9.74. The molecular weight excluding hydrogens is 220 g/mol. The Hall–Kier alpha value is -1.39. The zero-order chi connectivity index (χ0) is 11.2. The van der Waals surface area contributed by atoms with Gasteiger partial charge in [-0.1, -0.05) is 41.7 Å². The molecule has 84 valence electrons. The van der Waals surface area contributed by atoms with Crippen LogP contribution in [0.5, 0.6) is 5.19 Å². The molecule has 0 atom stereocenters. The van der Waals surface area contributed by atoms with E-state index in [-0.39, 0.29) is 0 Å². The fourth-order valence-corrected chi connectivity index (χ4v) is 2.11. The van der Waals surface area contributed by atoms with Crippen LogP contribution in [0, 0.1) is 0 Å². The summed E-state index contributed by atoms with van der Waals surface area (Å²) in [5.41, 5.74) is 6.62. The van der Waals surface area contributed by atoms with E-state index in [4.69, 9.17) is 10.5 Å².